The number of aromatic nitrogens is 2. The largest absolute Gasteiger partial charge is 0.387 e. The number of H-pyrrole nitrogens is 1. The molecule has 0 unspecified atom stereocenters. The number of carbonyl (C=O) groups excluding carboxylic acids is 1. The molecule has 1 heterocycles. The Labute approximate surface area is 194 Å². The van der Waals surface area contributed by atoms with Gasteiger partial charge >= 0.3 is 0 Å². The first-order valence-corrected chi connectivity index (χ1v) is 11.3. The number of rotatable bonds is 10. The Morgan fingerprint density at radius 2 is 1.88 bits per heavy atom. The second kappa shape index (κ2) is 11.3. The minimum atomic E-state index is -0.588. The summed E-state index contributed by atoms with van der Waals surface area (Å²) in [6, 6.07) is 17.2. The van der Waals surface area contributed by atoms with Crippen LogP contribution in [0.15, 0.2) is 54.6 Å². The molecule has 0 saturated heterocycles. The summed E-state index contributed by atoms with van der Waals surface area (Å²) in [6.45, 7) is 4.99. The van der Waals surface area contributed by atoms with E-state index in [2.05, 4.69) is 22.4 Å². The average molecular weight is 455 g/mol. The fourth-order valence-corrected chi connectivity index (χ4v) is 3.73. The molecule has 170 valence electrons. The van der Waals surface area contributed by atoms with Crippen molar-refractivity contribution in [2.24, 2.45) is 0 Å². The normalized spacial score (nSPS) is 13.0. The van der Waals surface area contributed by atoms with Crippen molar-refractivity contribution in [1.82, 2.24) is 20.4 Å². The average Bonchev–Trinajstić information content (AvgIpc) is 3.21. The van der Waals surface area contributed by atoms with Crippen molar-refractivity contribution in [3.8, 4) is 0 Å². The molecule has 0 saturated carbocycles. The van der Waals surface area contributed by atoms with Gasteiger partial charge in [0.05, 0.1) is 18.3 Å². The number of aliphatic hydroxyl groups is 1. The zero-order valence-corrected chi connectivity index (χ0v) is 19.6. The highest BCUT2D eigenvalue weighted by Crippen LogP contribution is 2.17. The third-order valence-electron chi connectivity index (χ3n) is 5.54. The Morgan fingerprint density at radius 1 is 1.19 bits per heavy atom. The topological polar surface area (TPSA) is 81.2 Å². The molecular weight excluding hydrogens is 424 g/mol. The molecule has 0 spiro atoms. The summed E-state index contributed by atoms with van der Waals surface area (Å²) >= 11 is 5.92. The zero-order valence-electron chi connectivity index (χ0n) is 18.8. The third-order valence-corrected chi connectivity index (χ3v) is 5.79. The summed E-state index contributed by atoms with van der Waals surface area (Å²) in [5.74, 6) is -0.0338. The summed E-state index contributed by atoms with van der Waals surface area (Å²) in [5.41, 5.74) is 4.46. The molecule has 7 heteroatoms. The minimum absolute atomic E-state index is 0.0338. The minimum Gasteiger partial charge on any atom is -0.387 e. The summed E-state index contributed by atoms with van der Waals surface area (Å²) in [5, 5.41) is 21.6. The van der Waals surface area contributed by atoms with Crippen molar-refractivity contribution in [2.45, 2.75) is 45.4 Å². The third kappa shape index (κ3) is 6.66. The monoisotopic (exact) mass is 454 g/mol. The number of amides is 1. The van der Waals surface area contributed by atoms with E-state index in [1.54, 1.807) is 24.1 Å². The fourth-order valence-electron chi connectivity index (χ4n) is 3.60. The van der Waals surface area contributed by atoms with E-state index in [0.29, 0.717) is 23.7 Å². The Morgan fingerprint density at radius 3 is 2.47 bits per heavy atom. The van der Waals surface area contributed by atoms with Crippen LogP contribution in [-0.4, -0.2) is 45.7 Å². The second-order valence-electron chi connectivity index (χ2n) is 8.19. The van der Waals surface area contributed by atoms with Crippen LogP contribution in [0.5, 0.6) is 0 Å². The number of aliphatic hydroxyl groups excluding tert-OH is 1. The maximum atomic E-state index is 12.7. The van der Waals surface area contributed by atoms with Crippen molar-refractivity contribution in [3.63, 3.8) is 0 Å². The lowest BCUT2D eigenvalue weighted by Crippen LogP contribution is -2.34. The van der Waals surface area contributed by atoms with Crippen molar-refractivity contribution in [2.75, 3.05) is 13.6 Å². The highest BCUT2D eigenvalue weighted by atomic mass is 35.5. The quantitative estimate of drug-likeness (QED) is 0.427. The SMILES string of the molecule is CC[C@@H](Cc1ccc(C(=O)N(C)Cc2cc(C)[nH]n2)cc1)NC[C@H](O)c1ccc(Cl)cc1. The first-order chi connectivity index (χ1) is 15.4. The smallest absolute Gasteiger partial charge is 0.253 e. The van der Waals surface area contributed by atoms with E-state index in [1.165, 1.54) is 0 Å². The number of aryl methyl sites for hydroxylation is 1. The fraction of sp³-hybridized carbons (Fsp3) is 0.360. The van der Waals surface area contributed by atoms with Crippen LogP contribution >= 0.6 is 11.6 Å². The maximum Gasteiger partial charge on any atom is 0.253 e. The standard InChI is InChI=1S/C25H31ClN4O2/c1-4-22(27-15-24(31)19-9-11-21(26)12-10-19)14-18-5-7-20(8-6-18)25(32)30(3)16-23-13-17(2)28-29-23/h5-13,22,24,27,31H,4,14-16H2,1-3H3,(H,28,29)/t22-,24-/m0/s1. The second-order valence-corrected chi connectivity index (χ2v) is 8.62. The number of nitrogens with zero attached hydrogens (tertiary/aromatic N) is 2. The lowest BCUT2D eigenvalue weighted by molar-refractivity contribution is 0.0783. The molecule has 0 fully saturated rings. The van der Waals surface area contributed by atoms with E-state index in [1.807, 2.05) is 49.4 Å². The van der Waals surface area contributed by atoms with Crippen LogP contribution in [0, 0.1) is 6.92 Å². The van der Waals surface area contributed by atoms with Crippen LogP contribution in [0.3, 0.4) is 0 Å². The first-order valence-electron chi connectivity index (χ1n) is 10.9. The number of carbonyl (C=O) groups is 1. The van der Waals surface area contributed by atoms with Gasteiger partial charge in [-0.3, -0.25) is 9.89 Å². The van der Waals surface area contributed by atoms with E-state index in [9.17, 15) is 9.90 Å². The zero-order chi connectivity index (χ0) is 23.1. The first kappa shape index (κ1) is 24.0. The molecule has 1 aromatic heterocycles. The van der Waals surface area contributed by atoms with E-state index in [4.69, 9.17) is 11.6 Å². The molecule has 6 nitrogen and oxygen atoms in total. The van der Waals surface area contributed by atoms with Gasteiger partial charge in [0.1, 0.15) is 0 Å². The molecule has 0 aliphatic carbocycles. The van der Waals surface area contributed by atoms with Gasteiger partial charge in [0.15, 0.2) is 0 Å². The number of aromatic amines is 1. The molecular formula is C25H31ClN4O2. The van der Waals surface area contributed by atoms with Crippen LogP contribution in [-0.2, 0) is 13.0 Å². The van der Waals surface area contributed by atoms with Gasteiger partial charge in [-0.25, -0.2) is 0 Å². The molecule has 0 aliphatic heterocycles. The lowest BCUT2D eigenvalue weighted by atomic mass is 10.0. The van der Waals surface area contributed by atoms with Crippen LogP contribution in [0.2, 0.25) is 5.02 Å². The van der Waals surface area contributed by atoms with Crippen molar-refractivity contribution in [1.29, 1.82) is 0 Å². The van der Waals surface area contributed by atoms with Gasteiger partial charge < -0.3 is 15.3 Å². The number of nitrogens with one attached hydrogen (secondary N) is 2. The van der Waals surface area contributed by atoms with Gasteiger partial charge in [0.25, 0.3) is 5.91 Å². The molecule has 1 amide bonds. The van der Waals surface area contributed by atoms with Gasteiger partial charge in [0, 0.05) is 35.9 Å². The number of benzene rings is 2. The van der Waals surface area contributed by atoms with E-state index >= 15 is 0 Å². The predicted octanol–water partition coefficient (Wildman–Crippen LogP) is 4.29. The van der Waals surface area contributed by atoms with Crippen LogP contribution in [0.25, 0.3) is 0 Å². The van der Waals surface area contributed by atoms with E-state index in [-0.39, 0.29) is 11.9 Å². The number of hydrogen-bond acceptors (Lipinski definition) is 4. The molecule has 0 aliphatic rings. The number of hydrogen-bond donors (Lipinski definition) is 3. The summed E-state index contributed by atoms with van der Waals surface area (Å²) in [7, 11) is 1.78. The molecule has 2 aromatic carbocycles. The molecule has 32 heavy (non-hydrogen) atoms. The Balaban J connectivity index is 1.52. The molecule has 0 bridgehead atoms. The molecule has 3 rings (SSSR count). The molecule has 3 N–H and O–H groups in total. The highest BCUT2D eigenvalue weighted by Gasteiger charge is 2.15. The summed E-state index contributed by atoms with van der Waals surface area (Å²) < 4.78 is 0. The van der Waals surface area contributed by atoms with Gasteiger partial charge in [-0.05, 0) is 61.2 Å². The highest BCUT2D eigenvalue weighted by molar-refractivity contribution is 6.30. The van der Waals surface area contributed by atoms with Crippen molar-refractivity contribution >= 4 is 17.5 Å². The summed E-state index contributed by atoms with van der Waals surface area (Å²) in [6.07, 6.45) is 1.16. The van der Waals surface area contributed by atoms with Crippen LogP contribution < -0.4 is 5.32 Å². The van der Waals surface area contributed by atoms with Gasteiger partial charge in [-0.2, -0.15) is 5.10 Å². The Bertz CT molecular complexity index is 1000. The van der Waals surface area contributed by atoms with E-state index < -0.39 is 6.10 Å². The van der Waals surface area contributed by atoms with Gasteiger partial charge in [-0.1, -0.05) is 42.8 Å². The summed E-state index contributed by atoms with van der Waals surface area (Å²) in [4.78, 5) is 14.4. The van der Waals surface area contributed by atoms with E-state index in [0.717, 1.165) is 35.4 Å². The maximum absolute atomic E-state index is 12.7. The number of halogens is 1. The van der Waals surface area contributed by atoms with Crippen LogP contribution in [0.1, 0.15) is 52.3 Å². The lowest BCUT2D eigenvalue weighted by Gasteiger charge is -2.20. The Hall–Kier alpha value is -2.67. The predicted molar refractivity (Wildman–Crippen MR) is 128 cm³/mol. The Kier molecular flexibility index (Phi) is 8.45. The van der Waals surface area contributed by atoms with Gasteiger partial charge in [-0.15, -0.1) is 0 Å². The van der Waals surface area contributed by atoms with Gasteiger partial charge in [0.2, 0.25) is 0 Å². The molecule has 0 radical (unpaired) electrons. The van der Waals surface area contributed by atoms with Crippen LogP contribution in [0.4, 0.5) is 0 Å². The van der Waals surface area contributed by atoms with Crippen molar-refractivity contribution in [3.05, 3.63) is 87.7 Å². The molecule has 3 aromatic rings. The van der Waals surface area contributed by atoms with Crippen molar-refractivity contribution < 1.29 is 9.90 Å². The molecule has 2 atom stereocenters.